The van der Waals surface area contributed by atoms with Gasteiger partial charge in [0.15, 0.2) is 0 Å². The van der Waals surface area contributed by atoms with Crippen LogP contribution in [-0.2, 0) is 4.79 Å². The lowest BCUT2D eigenvalue weighted by molar-refractivity contribution is -0.128. The zero-order chi connectivity index (χ0) is 21.5. The maximum Gasteiger partial charge on any atom is 0.242 e. The van der Waals surface area contributed by atoms with Gasteiger partial charge in [0.05, 0.1) is 5.92 Å². The van der Waals surface area contributed by atoms with Crippen LogP contribution >= 0.6 is 0 Å². The predicted octanol–water partition coefficient (Wildman–Crippen LogP) is 5.92. The van der Waals surface area contributed by atoms with Crippen molar-refractivity contribution in [3.63, 3.8) is 0 Å². The molecule has 158 valence electrons. The molecule has 0 spiro atoms. The minimum Gasteiger partial charge on any atom is -0.288 e. The molecule has 2 atom stereocenters. The standard InChI is InChI=1S/C28H30N2O/c1-2-10-27(25-18-16-24(17-19-25)22-11-5-3-6-12-22)28(31)29-30-20-9-15-26(21-30)23-13-7-4-8-14-23/h2-8,11-14,16-19,26-27H,1,9-10,15,20-21H2,(H,29,31). The van der Waals surface area contributed by atoms with Gasteiger partial charge in [-0.05, 0) is 47.4 Å². The number of hydrogen-bond acceptors (Lipinski definition) is 2. The fourth-order valence-corrected chi connectivity index (χ4v) is 4.41. The fraction of sp³-hybridized carbons (Fsp3) is 0.250. The highest BCUT2D eigenvalue weighted by Gasteiger charge is 2.26. The van der Waals surface area contributed by atoms with E-state index in [1.54, 1.807) is 0 Å². The summed E-state index contributed by atoms with van der Waals surface area (Å²) in [5.41, 5.74) is 7.90. The SMILES string of the molecule is C=CCC(C(=O)NN1CCCC(c2ccccc2)C1)c1ccc(-c2ccccc2)cc1. The molecule has 1 aliphatic rings. The van der Waals surface area contributed by atoms with Crippen molar-refractivity contribution >= 4 is 5.91 Å². The summed E-state index contributed by atoms with van der Waals surface area (Å²) in [4.78, 5) is 13.2. The molecule has 31 heavy (non-hydrogen) atoms. The summed E-state index contributed by atoms with van der Waals surface area (Å²) in [7, 11) is 0. The van der Waals surface area contributed by atoms with Gasteiger partial charge in [-0.3, -0.25) is 10.2 Å². The Morgan fingerprint density at radius 2 is 1.61 bits per heavy atom. The van der Waals surface area contributed by atoms with Crippen LogP contribution in [0.1, 0.15) is 42.2 Å². The third-order valence-electron chi connectivity index (χ3n) is 6.10. The van der Waals surface area contributed by atoms with Gasteiger partial charge < -0.3 is 0 Å². The lowest BCUT2D eigenvalue weighted by Gasteiger charge is -2.34. The number of amides is 1. The Balaban J connectivity index is 1.44. The molecule has 1 heterocycles. The second-order valence-corrected chi connectivity index (χ2v) is 8.24. The number of nitrogens with zero attached hydrogens (tertiary/aromatic N) is 1. The van der Waals surface area contributed by atoms with Crippen LogP contribution in [0.25, 0.3) is 11.1 Å². The summed E-state index contributed by atoms with van der Waals surface area (Å²) in [6.07, 6.45) is 4.69. The molecule has 3 aromatic carbocycles. The topological polar surface area (TPSA) is 32.3 Å². The van der Waals surface area contributed by atoms with Gasteiger partial charge in [0, 0.05) is 13.1 Å². The lowest BCUT2D eigenvalue weighted by atomic mass is 9.91. The minimum atomic E-state index is -0.237. The molecule has 0 saturated carbocycles. The van der Waals surface area contributed by atoms with E-state index in [4.69, 9.17) is 0 Å². The first kappa shape index (κ1) is 21.1. The molecule has 3 aromatic rings. The molecule has 1 saturated heterocycles. The maximum absolute atomic E-state index is 13.2. The highest BCUT2D eigenvalue weighted by Crippen LogP contribution is 2.28. The molecule has 3 heteroatoms. The molecule has 1 N–H and O–H groups in total. The third kappa shape index (κ3) is 5.31. The van der Waals surface area contributed by atoms with Crippen molar-refractivity contribution in [2.75, 3.05) is 13.1 Å². The lowest BCUT2D eigenvalue weighted by Crippen LogP contribution is -2.48. The first-order valence-electron chi connectivity index (χ1n) is 11.1. The Labute approximate surface area is 185 Å². The van der Waals surface area contributed by atoms with Gasteiger partial charge in [0.2, 0.25) is 5.91 Å². The van der Waals surface area contributed by atoms with Crippen molar-refractivity contribution in [2.24, 2.45) is 0 Å². The molecule has 4 rings (SSSR count). The fourth-order valence-electron chi connectivity index (χ4n) is 4.41. The summed E-state index contributed by atoms with van der Waals surface area (Å²) in [5, 5.41) is 2.10. The predicted molar refractivity (Wildman–Crippen MR) is 128 cm³/mol. The molecule has 2 unspecified atom stereocenters. The van der Waals surface area contributed by atoms with E-state index in [0.29, 0.717) is 12.3 Å². The van der Waals surface area contributed by atoms with Crippen LogP contribution in [0.2, 0.25) is 0 Å². The highest BCUT2D eigenvalue weighted by atomic mass is 16.2. The number of hydrogen-bond donors (Lipinski definition) is 1. The molecular weight excluding hydrogens is 380 g/mol. The largest absolute Gasteiger partial charge is 0.288 e. The van der Waals surface area contributed by atoms with Crippen LogP contribution in [0.5, 0.6) is 0 Å². The Hall–Kier alpha value is -3.17. The number of nitrogens with one attached hydrogen (secondary N) is 1. The Morgan fingerprint density at radius 3 is 2.29 bits per heavy atom. The van der Waals surface area contributed by atoms with Gasteiger partial charge in [-0.2, -0.15) is 0 Å². The van der Waals surface area contributed by atoms with E-state index in [-0.39, 0.29) is 11.8 Å². The molecule has 1 amide bonds. The summed E-state index contributed by atoms with van der Waals surface area (Å²) < 4.78 is 0. The Morgan fingerprint density at radius 1 is 0.968 bits per heavy atom. The smallest absolute Gasteiger partial charge is 0.242 e. The first-order valence-corrected chi connectivity index (χ1v) is 11.1. The number of allylic oxidation sites excluding steroid dienone is 1. The quantitative estimate of drug-likeness (QED) is 0.490. The Kier molecular flexibility index (Phi) is 6.96. The average Bonchev–Trinajstić information content (AvgIpc) is 2.84. The summed E-state index contributed by atoms with van der Waals surface area (Å²) in [5.74, 6) is 0.263. The monoisotopic (exact) mass is 410 g/mol. The van der Waals surface area contributed by atoms with Gasteiger partial charge in [-0.15, -0.1) is 6.58 Å². The van der Waals surface area contributed by atoms with Crippen LogP contribution in [0, 0.1) is 0 Å². The van der Waals surface area contributed by atoms with Crippen LogP contribution in [0.3, 0.4) is 0 Å². The van der Waals surface area contributed by atoms with Crippen molar-refractivity contribution in [2.45, 2.75) is 31.1 Å². The van der Waals surface area contributed by atoms with Crippen LogP contribution < -0.4 is 5.43 Å². The molecule has 0 bridgehead atoms. The van der Waals surface area contributed by atoms with E-state index in [0.717, 1.165) is 37.1 Å². The van der Waals surface area contributed by atoms with Crippen molar-refractivity contribution in [1.82, 2.24) is 10.4 Å². The number of rotatable bonds is 7. The molecule has 0 aromatic heterocycles. The normalized spacial score (nSPS) is 17.6. The number of carbonyl (C=O) groups is 1. The van der Waals surface area contributed by atoms with Crippen LogP contribution in [-0.4, -0.2) is 24.0 Å². The molecular formula is C28H30N2O. The minimum absolute atomic E-state index is 0.0427. The van der Waals surface area contributed by atoms with E-state index in [1.165, 1.54) is 11.1 Å². The molecule has 3 nitrogen and oxygen atoms in total. The maximum atomic E-state index is 13.2. The van der Waals surface area contributed by atoms with Gasteiger partial charge >= 0.3 is 0 Å². The average molecular weight is 411 g/mol. The number of benzene rings is 3. The molecule has 1 aliphatic heterocycles. The zero-order valence-electron chi connectivity index (χ0n) is 17.9. The zero-order valence-corrected chi connectivity index (χ0v) is 17.9. The summed E-state index contributed by atoms with van der Waals surface area (Å²) in [6.45, 7) is 5.62. The van der Waals surface area contributed by atoms with Gasteiger partial charge in [0.1, 0.15) is 0 Å². The Bertz CT molecular complexity index is 983. The van der Waals surface area contributed by atoms with Gasteiger partial charge in [0.25, 0.3) is 0 Å². The summed E-state index contributed by atoms with van der Waals surface area (Å²) >= 11 is 0. The van der Waals surface area contributed by atoms with E-state index >= 15 is 0 Å². The van der Waals surface area contributed by atoms with E-state index in [9.17, 15) is 4.79 Å². The van der Waals surface area contributed by atoms with Crippen molar-refractivity contribution < 1.29 is 4.79 Å². The number of hydrazine groups is 1. The number of carbonyl (C=O) groups excluding carboxylic acids is 1. The van der Waals surface area contributed by atoms with Crippen molar-refractivity contribution in [3.8, 4) is 11.1 Å². The highest BCUT2D eigenvalue weighted by molar-refractivity contribution is 5.83. The summed E-state index contributed by atoms with van der Waals surface area (Å²) in [6, 6.07) is 29.2. The molecule has 0 aliphatic carbocycles. The van der Waals surface area contributed by atoms with E-state index in [2.05, 4.69) is 83.7 Å². The number of piperidine rings is 1. The van der Waals surface area contributed by atoms with Crippen LogP contribution in [0.4, 0.5) is 0 Å². The first-order chi connectivity index (χ1) is 15.2. The third-order valence-corrected chi connectivity index (χ3v) is 6.10. The van der Waals surface area contributed by atoms with Crippen LogP contribution in [0.15, 0.2) is 97.6 Å². The molecule has 1 fully saturated rings. The van der Waals surface area contributed by atoms with Gasteiger partial charge in [-0.1, -0.05) is 91.0 Å². The molecule has 0 radical (unpaired) electrons. The van der Waals surface area contributed by atoms with Gasteiger partial charge in [-0.25, -0.2) is 5.01 Å². The van der Waals surface area contributed by atoms with Crippen molar-refractivity contribution in [3.05, 3.63) is 109 Å². The van der Waals surface area contributed by atoms with E-state index in [1.807, 2.05) is 24.3 Å². The van der Waals surface area contributed by atoms with E-state index < -0.39 is 0 Å². The second kappa shape index (κ2) is 10.2. The second-order valence-electron chi connectivity index (χ2n) is 8.24. The van der Waals surface area contributed by atoms with Crippen molar-refractivity contribution in [1.29, 1.82) is 0 Å².